The number of benzene rings is 3. The standard InChI is InChI=1S/C24H19ClN4O6/c1-33-22-7-2-3-8-23(22)35-20-13-17(12-18(14-20)29(31)32)26-24(30)21-9-10-28(27-21)15-34-19-6-4-5-16(25)11-19/h2-14H,15H2,1H3,(H,26,30). The van der Waals surface area contributed by atoms with Gasteiger partial charge < -0.3 is 19.5 Å². The van der Waals surface area contributed by atoms with Gasteiger partial charge in [0, 0.05) is 23.4 Å². The molecule has 11 heteroatoms. The molecule has 4 rings (SSSR count). The van der Waals surface area contributed by atoms with Crippen LogP contribution in [-0.2, 0) is 6.73 Å². The first-order valence-corrected chi connectivity index (χ1v) is 10.6. The quantitative estimate of drug-likeness (QED) is 0.240. The van der Waals surface area contributed by atoms with E-state index in [1.54, 1.807) is 54.7 Å². The van der Waals surface area contributed by atoms with Crippen molar-refractivity contribution >= 4 is 28.9 Å². The van der Waals surface area contributed by atoms with Crippen molar-refractivity contribution in [2.45, 2.75) is 6.73 Å². The van der Waals surface area contributed by atoms with Crippen LogP contribution in [0.4, 0.5) is 11.4 Å². The number of hydrogen-bond acceptors (Lipinski definition) is 7. The predicted octanol–water partition coefficient (Wildman–Crippen LogP) is 5.53. The van der Waals surface area contributed by atoms with Crippen LogP contribution in [-0.4, -0.2) is 27.7 Å². The highest BCUT2D eigenvalue weighted by atomic mass is 35.5. The summed E-state index contributed by atoms with van der Waals surface area (Å²) in [6.07, 6.45) is 1.57. The van der Waals surface area contributed by atoms with Gasteiger partial charge in [-0.05, 0) is 36.4 Å². The molecule has 4 aromatic rings. The number of nitrogens with zero attached hydrogens (tertiary/aromatic N) is 3. The fourth-order valence-corrected chi connectivity index (χ4v) is 3.28. The van der Waals surface area contributed by atoms with E-state index in [1.807, 2.05) is 0 Å². The van der Waals surface area contributed by atoms with Crippen LogP contribution in [0.5, 0.6) is 23.0 Å². The van der Waals surface area contributed by atoms with Crippen LogP contribution >= 0.6 is 11.6 Å². The van der Waals surface area contributed by atoms with Crippen LogP contribution in [0, 0.1) is 10.1 Å². The lowest BCUT2D eigenvalue weighted by atomic mass is 10.2. The van der Waals surface area contributed by atoms with E-state index < -0.39 is 10.8 Å². The molecule has 1 N–H and O–H groups in total. The summed E-state index contributed by atoms with van der Waals surface area (Å²) in [5.41, 5.74) is 0.00497. The molecule has 0 aliphatic heterocycles. The number of amides is 1. The molecule has 0 saturated carbocycles. The lowest BCUT2D eigenvalue weighted by Crippen LogP contribution is -2.14. The smallest absolute Gasteiger partial charge is 0.276 e. The number of nitrogens with one attached hydrogen (secondary N) is 1. The van der Waals surface area contributed by atoms with Gasteiger partial charge in [-0.2, -0.15) is 5.10 Å². The van der Waals surface area contributed by atoms with Crippen molar-refractivity contribution in [3.63, 3.8) is 0 Å². The SMILES string of the molecule is COc1ccccc1Oc1cc(NC(=O)c2ccn(COc3cccc(Cl)c3)n2)cc([N+](=O)[O-])c1. The number of para-hydroxylation sites is 2. The highest BCUT2D eigenvalue weighted by molar-refractivity contribution is 6.30. The number of methoxy groups -OCH3 is 1. The van der Waals surface area contributed by atoms with Crippen LogP contribution in [0.1, 0.15) is 10.5 Å². The van der Waals surface area contributed by atoms with Crippen molar-refractivity contribution in [2.24, 2.45) is 0 Å². The maximum atomic E-state index is 12.7. The topological polar surface area (TPSA) is 118 Å². The minimum Gasteiger partial charge on any atom is -0.493 e. The van der Waals surface area contributed by atoms with Crippen LogP contribution in [0.15, 0.2) is 79.0 Å². The molecule has 0 fully saturated rings. The van der Waals surface area contributed by atoms with Gasteiger partial charge in [-0.1, -0.05) is 29.8 Å². The summed E-state index contributed by atoms with van der Waals surface area (Å²) in [4.78, 5) is 23.6. The van der Waals surface area contributed by atoms with E-state index in [9.17, 15) is 14.9 Å². The highest BCUT2D eigenvalue weighted by Crippen LogP contribution is 2.34. The number of carbonyl (C=O) groups excluding carboxylic acids is 1. The van der Waals surface area contributed by atoms with Gasteiger partial charge >= 0.3 is 0 Å². The van der Waals surface area contributed by atoms with Crippen LogP contribution in [0.25, 0.3) is 0 Å². The van der Waals surface area contributed by atoms with E-state index in [-0.39, 0.29) is 29.5 Å². The first kappa shape index (κ1) is 23.6. The van der Waals surface area contributed by atoms with Crippen molar-refractivity contribution in [3.05, 3.63) is 99.8 Å². The van der Waals surface area contributed by atoms with Gasteiger partial charge in [0.05, 0.1) is 23.8 Å². The Morgan fingerprint density at radius 2 is 1.86 bits per heavy atom. The van der Waals surface area contributed by atoms with Gasteiger partial charge in [0.2, 0.25) is 0 Å². The monoisotopic (exact) mass is 494 g/mol. The van der Waals surface area contributed by atoms with E-state index in [2.05, 4.69) is 10.4 Å². The molecule has 0 spiro atoms. The van der Waals surface area contributed by atoms with Crippen molar-refractivity contribution in [1.29, 1.82) is 0 Å². The van der Waals surface area contributed by atoms with Gasteiger partial charge in [-0.15, -0.1) is 0 Å². The summed E-state index contributed by atoms with van der Waals surface area (Å²) in [6, 6.07) is 19.2. The Labute approximate surface area is 204 Å². The zero-order valence-electron chi connectivity index (χ0n) is 18.4. The van der Waals surface area contributed by atoms with Gasteiger partial charge in [0.15, 0.2) is 23.9 Å². The number of nitro benzene ring substituents is 1. The number of hydrogen-bond donors (Lipinski definition) is 1. The molecule has 0 saturated heterocycles. The first-order chi connectivity index (χ1) is 16.9. The third kappa shape index (κ3) is 6.06. The molecule has 0 bridgehead atoms. The largest absolute Gasteiger partial charge is 0.493 e. The maximum absolute atomic E-state index is 12.7. The number of rotatable bonds is 9. The van der Waals surface area contributed by atoms with E-state index in [4.69, 9.17) is 25.8 Å². The summed E-state index contributed by atoms with van der Waals surface area (Å²) in [5, 5.41) is 18.8. The summed E-state index contributed by atoms with van der Waals surface area (Å²) >= 11 is 5.94. The molecular weight excluding hydrogens is 476 g/mol. The fourth-order valence-electron chi connectivity index (χ4n) is 3.10. The zero-order valence-corrected chi connectivity index (χ0v) is 19.1. The molecule has 1 aromatic heterocycles. The Bertz CT molecular complexity index is 1370. The summed E-state index contributed by atoms with van der Waals surface area (Å²) < 4.78 is 18.1. The Morgan fingerprint density at radius 1 is 1.06 bits per heavy atom. The van der Waals surface area contributed by atoms with Gasteiger partial charge in [0.25, 0.3) is 11.6 Å². The minimum atomic E-state index is -0.577. The van der Waals surface area contributed by atoms with Gasteiger partial charge in [0.1, 0.15) is 11.5 Å². The lowest BCUT2D eigenvalue weighted by molar-refractivity contribution is -0.384. The molecule has 0 aliphatic carbocycles. The number of non-ortho nitro benzene ring substituents is 1. The molecule has 1 amide bonds. The molecule has 0 unspecified atom stereocenters. The second kappa shape index (κ2) is 10.6. The Kier molecular flexibility index (Phi) is 7.12. The molecule has 0 atom stereocenters. The summed E-state index contributed by atoms with van der Waals surface area (Å²) in [5.74, 6) is 0.967. The number of carbonyl (C=O) groups is 1. The lowest BCUT2D eigenvalue weighted by Gasteiger charge is -2.11. The maximum Gasteiger partial charge on any atom is 0.276 e. The number of halogens is 1. The minimum absolute atomic E-state index is 0.0569. The molecular formula is C24H19ClN4O6. The summed E-state index contributed by atoms with van der Waals surface area (Å²) in [7, 11) is 1.49. The number of nitro groups is 1. The van der Waals surface area contributed by atoms with E-state index >= 15 is 0 Å². The molecule has 0 aliphatic rings. The predicted molar refractivity (Wildman–Crippen MR) is 128 cm³/mol. The van der Waals surface area contributed by atoms with E-state index in [1.165, 1.54) is 36.1 Å². The highest BCUT2D eigenvalue weighted by Gasteiger charge is 2.16. The molecule has 3 aromatic carbocycles. The Balaban J connectivity index is 1.48. The van der Waals surface area contributed by atoms with Crippen molar-refractivity contribution in [2.75, 3.05) is 12.4 Å². The van der Waals surface area contributed by atoms with Crippen LogP contribution in [0.2, 0.25) is 5.02 Å². The number of anilines is 1. The molecule has 0 radical (unpaired) electrons. The second-order valence-electron chi connectivity index (χ2n) is 7.15. The number of aromatic nitrogens is 2. The van der Waals surface area contributed by atoms with Crippen LogP contribution < -0.4 is 19.5 Å². The fraction of sp³-hybridized carbons (Fsp3) is 0.0833. The third-order valence-electron chi connectivity index (χ3n) is 4.69. The third-order valence-corrected chi connectivity index (χ3v) is 4.92. The Hall–Kier alpha value is -4.57. The molecule has 35 heavy (non-hydrogen) atoms. The normalized spacial score (nSPS) is 10.5. The van der Waals surface area contributed by atoms with E-state index in [0.29, 0.717) is 22.3 Å². The first-order valence-electron chi connectivity index (χ1n) is 10.2. The second-order valence-corrected chi connectivity index (χ2v) is 7.59. The van der Waals surface area contributed by atoms with Crippen LogP contribution in [0.3, 0.4) is 0 Å². The van der Waals surface area contributed by atoms with Crippen molar-refractivity contribution in [3.8, 4) is 23.0 Å². The average Bonchev–Trinajstić information content (AvgIpc) is 3.32. The Morgan fingerprint density at radius 3 is 2.60 bits per heavy atom. The molecule has 178 valence electrons. The summed E-state index contributed by atoms with van der Waals surface area (Å²) in [6.45, 7) is 0.0569. The zero-order chi connectivity index (χ0) is 24.8. The van der Waals surface area contributed by atoms with Gasteiger partial charge in [-0.3, -0.25) is 14.9 Å². The molecule has 1 heterocycles. The molecule has 10 nitrogen and oxygen atoms in total. The average molecular weight is 495 g/mol. The van der Waals surface area contributed by atoms with Crippen molar-refractivity contribution in [1.82, 2.24) is 9.78 Å². The van der Waals surface area contributed by atoms with Crippen molar-refractivity contribution < 1.29 is 23.9 Å². The number of ether oxygens (including phenoxy) is 3. The van der Waals surface area contributed by atoms with E-state index in [0.717, 1.165) is 0 Å². The van der Waals surface area contributed by atoms with Gasteiger partial charge in [-0.25, -0.2) is 4.68 Å².